The molecule has 1 amide bonds. The average Bonchev–Trinajstić information content (AvgIpc) is 2.90. The van der Waals surface area contributed by atoms with Crippen molar-refractivity contribution in [2.75, 3.05) is 17.2 Å². The number of hydrogen-bond donors (Lipinski definition) is 1. The Balaban J connectivity index is 1.67. The van der Waals surface area contributed by atoms with E-state index in [4.69, 9.17) is 22.1 Å². The van der Waals surface area contributed by atoms with Crippen molar-refractivity contribution >= 4 is 34.9 Å². The second kappa shape index (κ2) is 6.53. The summed E-state index contributed by atoms with van der Waals surface area (Å²) >= 11 is 5.82. The van der Waals surface area contributed by atoms with Crippen molar-refractivity contribution in [3.8, 4) is 0 Å². The summed E-state index contributed by atoms with van der Waals surface area (Å²) in [5, 5.41) is 0.366. The summed E-state index contributed by atoms with van der Waals surface area (Å²) < 4.78 is 5.13. The second-order valence-corrected chi connectivity index (χ2v) is 6.17. The van der Waals surface area contributed by atoms with E-state index in [1.54, 1.807) is 4.90 Å². The second-order valence-electron chi connectivity index (χ2n) is 5.76. The highest BCUT2D eigenvalue weighted by atomic mass is 35.5. The number of carbonyl (C=O) groups is 2. The molecule has 0 bridgehead atoms. The van der Waals surface area contributed by atoms with Crippen LogP contribution in [0.25, 0.3) is 0 Å². The van der Waals surface area contributed by atoms with Crippen LogP contribution in [-0.2, 0) is 16.0 Å². The number of nitrogens with two attached hydrogens (primary N) is 1. The molecule has 0 spiro atoms. The lowest BCUT2D eigenvalue weighted by molar-refractivity contribution is -0.122. The van der Waals surface area contributed by atoms with Crippen LogP contribution < -0.4 is 10.6 Å². The number of ether oxygens (including phenoxy) is 1. The Morgan fingerprint density at radius 1 is 1.29 bits per heavy atom. The van der Waals surface area contributed by atoms with E-state index >= 15 is 0 Å². The molecule has 0 saturated carbocycles. The molecular weight excluding hydrogens is 328 g/mol. The Morgan fingerprint density at radius 3 is 2.79 bits per heavy atom. The number of para-hydroxylation sites is 1. The number of hydrogen-bond acceptors (Lipinski definition) is 4. The number of amides is 1. The number of nitrogens with zero attached hydrogens (tertiary/aromatic N) is 1. The van der Waals surface area contributed by atoms with Crippen LogP contribution in [0.2, 0.25) is 5.02 Å². The quantitative estimate of drug-likeness (QED) is 0.686. The van der Waals surface area contributed by atoms with E-state index in [1.807, 2.05) is 31.2 Å². The van der Waals surface area contributed by atoms with Gasteiger partial charge in [-0.05, 0) is 43.2 Å². The molecule has 1 heterocycles. The van der Waals surface area contributed by atoms with Gasteiger partial charge in [0.15, 0.2) is 6.61 Å². The zero-order valence-corrected chi connectivity index (χ0v) is 13.9. The van der Waals surface area contributed by atoms with Gasteiger partial charge in [-0.2, -0.15) is 0 Å². The molecule has 124 valence electrons. The van der Waals surface area contributed by atoms with Gasteiger partial charge in [0.05, 0.1) is 16.3 Å². The third kappa shape index (κ3) is 3.08. The number of rotatable bonds is 3. The van der Waals surface area contributed by atoms with Crippen molar-refractivity contribution in [2.45, 2.75) is 19.4 Å². The number of nitrogen functional groups attached to an aromatic ring is 1. The van der Waals surface area contributed by atoms with Crippen LogP contribution in [-0.4, -0.2) is 24.5 Å². The van der Waals surface area contributed by atoms with Gasteiger partial charge in [0, 0.05) is 11.7 Å². The number of fused-ring (bicyclic) bond motifs is 1. The first-order valence-electron chi connectivity index (χ1n) is 7.59. The van der Waals surface area contributed by atoms with Crippen molar-refractivity contribution in [1.29, 1.82) is 0 Å². The molecule has 3 rings (SSSR count). The predicted molar refractivity (Wildman–Crippen MR) is 93.2 cm³/mol. The smallest absolute Gasteiger partial charge is 0.338 e. The molecule has 1 unspecified atom stereocenters. The molecule has 0 aliphatic carbocycles. The first-order valence-corrected chi connectivity index (χ1v) is 7.97. The fraction of sp³-hybridized carbons (Fsp3) is 0.222. The first kappa shape index (κ1) is 16.3. The maximum absolute atomic E-state index is 12.5. The van der Waals surface area contributed by atoms with E-state index in [2.05, 4.69) is 0 Å². The van der Waals surface area contributed by atoms with E-state index in [0.717, 1.165) is 17.7 Å². The average molecular weight is 345 g/mol. The van der Waals surface area contributed by atoms with Gasteiger partial charge in [-0.25, -0.2) is 4.79 Å². The largest absolute Gasteiger partial charge is 0.452 e. The highest BCUT2D eigenvalue weighted by molar-refractivity contribution is 6.33. The number of esters is 1. The highest BCUT2D eigenvalue weighted by Crippen LogP contribution is 2.31. The van der Waals surface area contributed by atoms with E-state index in [1.165, 1.54) is 18.2 Å². The Morgan fingerprint density at radius 2 is 2.04 bits per heavy atom. The fourth-order valence-corrected chi connectivity index (χ4v) is 3.01. The summed E-state index contributed by atoms with van der Waals surface area (Å²) in [5.41, 5.74) is 8.22. The summed E-state index contributed by atoms with van der Waals surface area (Å²) in [6, 6.07) is 12.3. The molecule has 24 heavy (non-hydrogen) atoms. The van der Waals surface area contributed by atoms with Gasteiger partial charge < -0.3 is 15.4 Å². The molecule has 2 N–H and O–H groups in total. The van der Waals surface area contributed by atoms with Gasteiger partial charge >= 0.3 is 5.97 Å². The Kier molecular flexibility index (Phi) is 4.44. The molecule has 1 atom stereocenters. The van der Waals surface area contributed by atoms with Crippen molar-refractivity contribution in [3.63, 3.8) is 0 Å². The minimum atomic E-state index is -0.605. The summed E-state index contributed by atoms with van der Waals surface area (Å²) in [5.74, 6) is -0.852. The van der Waals surface area contributed by atoms with E-state index in [9.17, 15) is 9.59 Å². The Hall–Kier alpha value is -2.53. The molecule has 5 nitrogen and oxygen atoms in total. The monoisotopic (exact) mass is 344 g/mol. The molecule has 6 heteroatoms. The van der Waals surface area contributed by atoms with Crippen molar-refractivity contribution < 1.29 is 14.3 Å². The van der Waals surface area contributed by atoms with Gasteiger partial charge in [-0.1, -0.05) is 29.8 Å². The fourth-order valence-electron chi connectivity index (χ4n) is 2.90. The molecular formula is C18H17ClN2O3. The van der Waals surface area contributed by atoms with Gasteiger partial charge in [0.1, 0.15) is 0 Å². The number of carbonyl (C=O) groups excluding carboxylic acids is 2. The maximum Gasteiger partial charge on any atom is 0.338 e. The van der Waals surface area contributed by atoms with Crippen LogP contribution in [0.4, 0.5) is 11.4 Å². The van der Waals surface area contributed by atoms with Crippen LogP contribution in [0, 0.1) is 0 Å². The zero-order chi connectivity index (χ0) is 17.3. The van der Waals surface area contributed by atoms with Crippen molar-refractivity contribution in [2.24, 2.45) is 0 Å². The van der Waals surface area contributed by atoms with Gasteiger partial charge in [0.2, 0.25) is 0 Å². The lowest BCUT2D eigenvalue weighted by Crippen LogP contribution is -2.38. The Bertz CT molecular complexity index is 807. The third-order valence-corrected chi connectivity index (χ3v) is 4.38. The summed E-state index contributed by atoms with van der Waals surface area (Å²) in [4.78, 5) is 26.2. The Labute approximate surface area is 145 Å². The maximum atomic E-state index is 12.5. The molecule has 0 aromatic heterocycles. The molecule has 0 fully saturated rings. The van der Waals surface area contributed by atoms with Crippen LogP contribution in [0.3, 0.4) is 0 Å². The molecule has 0 saturated heterocycles. The summed E-state index contributed by atoms with van der Waals surface area (Å²) in [6.45, 7) is 1.65. The summed E-state index contributed by atoms with van der Waals surface area (Å²) in [7, 11) is 0. The van der Waals surface area contributed by atoms with E-state index in [0.29, 0.717) is 10.7 Å². The normalized spacial score (nSPS) is 15.9. The first-order chi connectivity index (χ1) is 11.5. The molecule has 1 aliphatic heterocycles. The number of benzene rings is 2. The van der Waals surface area contributed by atoms with E-state index in [-0.39, 0.29) is 24.1 Å². The molecule has 1 aliphatic rings. The van der Waals surface area contributed by atoms with Crippen LogP contribution in [0.1, 0.15) is 22.8 Å². The van der Waals surface area contributed by atoms with Crippen molar-refractivity contribution in [3.05, 3.63) is 58.6 Å². The van der Waals surface area contributed by atoms with E-state index < -0.39 is 5.97 Å². The molecule has 2 aromatic rings. The molecule has 0 radical (unpaired) electrons. The van der Waals surface area contributed by atoms with Crippen LogP contribution in [0.15, 0.2) is 42.5 Å². The topological polar surface area (TPSA) is 72.6 Å². The SMILES string of the molecule is CC1Cc2ccccc2N1C(=O)COC(=O)c1ccc(Cl)c(N)c1. The number of anilines is 2. The van der Waals surface area contributed by atoms with Gasteiger partial charge in [0.25, 0.3) is 5.91 Å². The highest BCUT2D eigenvalue weighted by Gasteiger charge is 2.31. The van der Waals surface area contributed by atoms with Gasteiger partial charge in [-0.3, -0.25) is 4.79 Å². The molecule has 2 aromatic carbocycles. The zero-order valence-electron chi connectivity index (χ0n) is 13.2. The predicted octanol–water partition coefficient (Wildman–Crippen LogP) is 3.06. The summed E-state index contributed by atoms with van der Waals surface area (Å²) in [6.07, 6.45) is 0.795. The van der Waals surface area contributed by atoms with Crippen LogP contribution in [0.5, 0.6) is 0 Å². The third-order valence-electron chi connectivity index (χ3n) is 4.03. The van der Waals surface area contributed by atoms with Gasteiger partial charge in [-0.15, -0.1) is 0 Å². The van der Waals surface area contributed by atoms with Crippen LogP contribution >= 0.6 is 11.6 Å². The minimum Gasteiger partial charge on any atom is -0.452 e. The lowest BCUT2D eigenvalue weighted by atomic mass is 10.1. The minimum absolute atomic E-state index is 0.0415. The number of halogens is 1. The standard InChI is InChI=1S/C18H17ClN2O3/c1-11-8-12-4-2-3-5-16(12)21(11)17(22)10-24-18(23)13-6-7-14(19)15(20)9-13/h2-7,9,11H,8,10,20H2,1H3. The lowest BCUT2D eigenvalue weighted by Gasteiger charge is -2.22. The van der Waals surface area contributed by atoms with Crippen molar-refractivity contribution in [1.82, 2.24) is 0 Å².